The lowest BCUT2D eigenvalue weighted by atomic mass is 10.2. The van der Waals surface area contributed by atoms with Crippen LogP contribution in [0.3, 0.4) is 0 Å². The fourth-order valence-corrected chi connectivity index (χ4v) is 2.84. The van der Waals surface area contributed by atoms with Gasteiger partial charge in [0, 0.05) is 19.4 Å². The maximum atomic E-state index is 12.2. The molecular formula is C17H19N5O3S. The topological polar surface area (TPSA) is 94.2 Å². The van der Waals surface area contributed by atoms with E-state index in [1.54, 1.807) is 25.5 Å². The van der Waals surface area contributed by atoms with Crippen molar-refractivity contribution in [1.82, 2.24) is 20.1 Å². The summed E-state index contributed by atoms with van der Waals surface area (Å²) < 4.78 is 10.7. The van der Waals surface area contributed by atoms with Crippen LogP contribution in [0.2, 0.25) is 0 Å². The second-order valence-electron chi connectivity index (χ2n) is 6.68. The van der Waals surface area contributed by atoms with Gasteiger partial charge in [-0.1, -0.05) is 5.16 Å². The molecular weight excluding hydrogens is 354 g/mol. The number of hydrogen-bond donors (Lipinski definition) is 0. The lowest BCUT2D eigenvalue weighted by Gasteiger charge is -2.23. The van der Waals surface area contributed by atoms with Crippen molar-refractivity contribution in [3.63, 3.8) is 0 Å². The number of rotatable bonds is 3. The molecule has 0 aliphatic heterocycles. The number of carbonyl (C=O) groups excluding carboxylic acids is 1. The van der Waals surface area contributed by atoms with Crippen LogP contribution in [0.25, 0.3) is 22.4 Å². The molecule has 26 heavy (non-hydrogen) atoms. The van der Waals surface area contributed by atoms with Crippen molar-refractivity contribution in [2.75, 3.05) is 11.9 Å². The second kappa shape index (κ2) is 6.83. The Morgan fingerprint density at radius 3 is 2.54 bits per heavy atom. The number of ether oxygens (including phenoxy) is 1. The fourth-order valence-electron chi connectivity index (χ4n) is 1.97. The molecule has 3 aromatic rings. The number of carbonyl (C=O) groups is 1. The van der Waals surface area contributed by atoms with Crippen LogP contribution in [0.4, 0.5) is 9.80 Å². The lowest BCUT2D eigenvalue weighted by Crippen LogP contribution is -2.33. The summed E-state index contributed by atoms with van der Waals surface area (Å²) in [5, 5.41) is 4.63. The first-order valence-corrected chi connectivity index (χ1v) is 8.74. The van der Waals surface area contributed by atoms with Gasteiger partial charge in [-0.2, -0.15) is 4.98 Å². The normalized spacial score (nSPS) is 11.4. The highest BCUT2D eigenvalue weighted by molar-refractivity contribution is 7.19. The molecule has 9 heteroatoms. The molecule has 8 nitrogen and oxygen atoms in total. The highest BCUT2D eigenvalue weighted by Gasteiger charge is 2.22. The Morgan fingerprint density at radius 1 is 1.19 bits per heavy atom. The number of aromatic nitrogens is 4. The first-order valence-electron chi connectivity index (χ1n) is 7.92. The monoisotopic (exact) mass is 373 g/mol. The van der Waals surface area contributed by atoms with E-state index in [4.69, 9.17) is 9.26 Å². The van der Waals surface area contributed by atoms with E-state index >= 15 is 0 Å². The van der Waals surface area contributed by atoms with Crippen LogP contribution < -0.4 is 4.90 Å². The third-order valence-electron chi connectivity index (χ3n) is 3.21. The Balaban J connectivity index is 1.78. The van der Waals surface area contributed by atoms with Gasteiger partial charge in [-0.3, -0.25) is 4.90 Å². The maximum absolute atomic E-state index is 12.2. The van der Waals surface area contributed by atoms with Crippen LogP contribution in [-0.2, 0) is 4.74 Å². The average molecular weight is 373 g/mol. The third-order valence-corrected chi connectivity index (χ3v) is 4.36. The minimum atomic E-state index is -0.555. The van der Waals surface area contributed by atoms with Crippen LogP contribution in [0.5, 0.6) is 0 Å². The van der Waals surface area contributed by atoms with Gasteiger partial charge in [0.2, 0.25) is 11.6 Å². The Kier molecular flexibility index (Phi) is 4.73. The van der Waals surface area contributed by atoms with Crippen molar-refractivity contribution in [2.24, 2.45) is 0 Å². The zero-order valence-electron chi connectivity index (χ0n) is 15.2. The summed E-state index contributed by atoms with van der Waals surface area (Å²) in [4.78, 5) is 27.0. The Labute approximate surface area is 154 Å². The van der Waals surface area contributed by atoms with Gasteiger partial charge in [-0.05, 0) is 45.4 Å². The number of nitrogens with zero attached hydrogens (tertiary/aromatic N) is 5. The molecule has 1 amide bonds. The lowest BCUT2D eigenvalue weighted by molar-refractivity contribution is 0.0590. The van der Waals surface area contributed by atoms with E-state index in [2.05, 4.69) is 20.1 Å². The first-order chi connectivity index (χ1) is 12.2. The van der Waals surface area contributed by atoms with Gasteiger partial charge in [-0.15, -0.1) is 11.3 Å². The molecule has 0 N–H and O–H groups in total. The summed E-state index contributed by atoms with van der Waals surface area (Å²) in [6, 6.07) is 3.62. The van der Waals surface area contributed by atoms with Gasteiger partial charge in [0.15, 0.2) is 0 Å². The summed E-state index contributed by atoms with van der Waals surface area (Å²) in [6.45, 7) is 7.38. The molecule has 136 valence electrons. The number of anilines is 1. The smallest absolute Gasteiger partial charge is 0.415 e. The van der Waals surface area contributed by atoms with Crippen molar-refractivity contribution < 1.29 is 14.1 Å². The zero-order chi connectivity index (χ0) is 18.9. The standard InChI is InChI=1S/C17H19N5O3S/c1-10-8-18-13(19-9-10)14-20-15(25-21-14)11-6-7-12(26-11)22(5)16(23)24-17(2,3)4/h6-9H,1-5H3. The molecule has 0 aromatic carbocycles. The number of amides is 1. The van der Waals surface area contributed by atoms with Crippen molar-refractivity contribution in [2.45, 2.75) is 33.3 Å². The Hall–Kier alpha value is -2.81. The van der Waals surface area contributed by atoms with Gasteiger partial charge < -0.3 is 9.26 Å². The van der Waals surface area contributed by atoms with Crippen LogP contribution in [0.1, 0.15) is 26.3 Å². The molecule has 0 aliphatic rings. The predicted molar refractivity (Wildman–Crippen MR) is 98.0 cm³/mol. The van der Waals surface area contributed by atoms with Crippen LogP contribution in [-0.4, -0.2) is 38.9 Å². The molecule has 0 unspecified atom stereocenters. The second-order valence-corrected chi connectivity index (χ2v) is 7.75. The van der Waals surface area contributed by atoms with Crippen LogP contribution in [0, 0.1) is 6.92 Å². The SMILES string of the molecule is Cc1cnc(-c2noc(-c3ccc(N(C)C(=O)OC(C)(C)C)s3)n2)nc1. The van der Waals surface area contributed by atoms with Crippen molar-refractivity contribution in [1.29, 1.82) is 0 Å². The summed E-state index contributed by atoms with van der Waals surface area (Å²) in [6.07, 6.45) is 2.96. The molecule has 0 fully saturated rings. The Morgan fingerprint density at radius 2 is 1.88 bits per heavy atom. The highest BCUT2D eigenvalue weighted by Crippen LogP contribution is 2.33. The minimum Gasteiger partial charge on any atom is -0.443 e. The third kappa shape index (κ3) is 4.05. The van der Waals surface area contributed by atoms with E-state index in [1.807, 2.05) is 33.8 Å². The van der Waals surface area contributed by atoms with Crippen LogP contribution in [0.15, 0.2) is 29.0 Å². The minimum absolute atomic E-state index is 0.315. The molecule has 3 heterocycles. The summed E-state index contributed by atoms with van der Waals surface area (Å²) >= 11 is 1.35. The van der Waals surface area contributed by atoms with Crippen LogP contribution >= 0.6 is 11.3 Å². The first kappa shape index (κ1) is 18.0. The number of aryl methyl sites for hydroxylation is 1. The summed E-state index contributed by atoms with van der Waals surface area (Å²) in [5.74, 6) is 1.06. The van der Waals surface area contributed by atoms with E-state index in [0.717, 1.165) is 10.4 Å². The van der Waals surface area contributed by atoms with Gasteiger partial charge >= 0.3 is 6.09 Å². The predicted octanol–water partition coefficient (Wildman–Crippen LogP) is 3.93. The van der Waals surface area contributed by atoms with Gasteiger partial charge in [-0.25, -0.2) is 14.8 Å². The summed E-state index contributed by atoms with van der Waals surface area (Å²) in [5.41, 5.74) is 0.395. The van der Waals surface area contributed by atoms with Crippen molar-refractivity contribution in [3.8, 4) is 22.4 Å². The molecule has 0 bridgehead atoms. The average Bonchev–Trinajstić information content (AvgIpc) is 3.22. The Bertz CT molecular complexity index is 911. The molecule has 0 aliphatic carbocycles. The van der Waals surface area contributed by atoms with E-state index < -0.39 is 11.7 Å². The molecule has 0 spiro atoms. The van der Waals surface area contributed by atoms with Crippen molar-refractivity contribution in [3.05, 3.63) is 30.1 Å². The molecule has 3 aromatic heterocycles. The largest absolute Gasteiger partial charge is 0.443 e. The number of thiophene rings is 1. The van der Waals surface area contributed by atoms with Gasteiger partial charge in [0.25, 0.3) is 5.89 Å². The van der Waals surface area contributed by atoms with Crippen molar-refractivity contribution >= 4 is 22.4 Å². The molecule has 3 rings (SSSR count). The molecule has 0 atom stereocenters. The van der Waals surface area contributed by atoms with E-state index in [1.165, 1.54) is 16.2 Å². The molecule has 0 saturated heterocycles. The zero-order valence-corrected chi connectivity index (χ0v) is 16.0. The fraction of sp³-hybridized carbons (Fsp3) is 0.353. The maximum Gasteiger partial charge on any atom is 0.415 e. The molecule has 0 saturated carbocycles. The van der Waals surface area contributed by atoms with Gasteiger partial charge in [0.1, 0.15) is 10.6 Å². The van der Waals surface area contributed by atoms with Gasteiger partial charge in [0.05, 0.1) is 4.88 Å². The number of hydrogen-bond acceptors (Lipinski definition) is 8. The quantitative estimate of drug-likeness (QED) is 0.686. The summed E-state index contributed by atoms with van der Waals surface area (Å²) in [7, 11) is 1.66. The molecule has 0 radical (unpaired) electrons. The van der Waals surface area contributed by atoms with E-state index in [0.29, 0.717) is 22.5 Å². The van der Waals surface area contributed by atoms with E-state index in [-0.39, 0.29) is 0 Å². The van der Waals surface area contributed by atoms with E-state index in [9.17, 15) is 4.79 Å². The highest BCUT2D eigenvalue weighted by atomic mass is 32.1.